The van der Waals surface area contributed by atoms with E-state index in [-0.39, 0.29) is 18.1 Å². The minimum absolute atomic E-state index is 0.0681. The molecule has 0 aromatic heterocycles. The van der Waals surface area contributed by atoms with Crippen molar-refractivity contribution in [1.29, 1.82) is 0 Å². The molecule has 1 unspecified atom stereocenters. The largest absolute Gasteiger partial charge is 0.508 e. The SMILES string of the molecule is O=C(O)[C@@H]1CSC(c2ccccc2O)N1C(=O)Cc1ccccc1. The Bertz CT molecular complexity index is 750. The van der Waals surface area contributed by atoms with E-state index in [1.54, 1.807) is 24.3 Å². The van der Waals surface area contributed by atoms with Crippen molar-refractivity contribution >= 4 is 23.6 Å². The highest BCUT2D eigenvalue weighted by molar-refractivity contribution is 7.99. The normalized spacial score (nSPS) is 20.1. The number of benzene rings is 2. The molecule has 0 bridgehead atoms. The number of carboxylic acid groups (broad SMARTS) is 1. The van der Waals surface area contributed by atoms with Gasteiger partial charge in [0.05, 0.1) is 6.42 Å². The van der Waals surface area contributed by atoms with Crippen LogP contribution in [0.2, 0.25) is 0 Å². The van der Waals surface area contributed by atoms with Crippen molar-refractivity contribution in [2.75, 3.05) is 5.75 Å². The molecule has 5 nitrogen and oxygen atoms in total. The van der Waals surface area contributed by atoms with Crippen LogP contribution in [-0.4, -0.2) is 38.8 Å². The Balaban J connectivity index is 1.90. The number of carboxylic acids is 1. The first-order chi connectivity index (χ1) is 11.6. The lowest BCUT2D eigenvalue weighted by Crippen LogP contribution is -2.43. The van der Waals surface area contributed by atoms with Crippen LogP contribution in [0.5, 0.6) is 5.75 Å². The first-order valence-electron chi connectivity index (χ1n) is 7.55. The minimum Gasteiger partial charge on any atom is -0.508 e. The average Bonchev–Trinajstić information content (AvgIpc) is 3.01. The third-order valence-electron chi connectivity index (χ3n) is 3.97. The van der Waals surface area contributed by atoms with Gasteiger partial charge in [-0.15, -0.1) is 11.8 Å². The molecule has 124 valence electrons. The average molecular weight is 343 g/mol. The van der Waals surface area contributed by atoms with E-state index >= 15 is 0 Å². The van der Waals surface area contributed by atoms with Crippen molar-refractivity contribution in [2.24, 2.45) is 0 Å². The Labute approximate surface area is 143 Å². The second kappa shape index (κ2) is 6.97. The van der Waals surface area contributed by atoms with Crippen molar-refractivity contribution in [1.82, 2.24) is 4.90 Å². The lowest BCUT2D eigenvalue weighted by atomic mass is 10.1. The molecule has 0 aliphatic carbocycles. The highest BCUT2D eigenvalue weighted by atomic mass is 32.2. The Morgan fingerprint density at radius 1 is 1.08 bits per heavy atom. The number of phenols is 1. The molecule has 0 saturated carbocycles. The molecule has 2 aromatic rings. The van der Waals surface area contributed by atoms with E-state index in [2.05, 4.69) is 0 Å². The number of para-hydroxylation sites is 1. The number of hydrogen-bond donors (Lipinski definition) is 2. The maximum atomic E-state index is 12.8. The van der Waals surface area contributed by atoms with Crippen LogP contribution in [0.25, 0.3) is 0 Å². The van der Waals surface area contributed by atoms with E-state index in [9.17, 15) is 19.8 Å². The molecule has 0 spiro atoms. The van der Waals surface area contributed by atoms with Crippen molar-refractivity contribution < 1.29 is 19.8 Å². The molecule has 2 aromatic carbocycles. The van der Waals surface area contributed by atoms with Gasteiger partial charge in [-0.1, -0.05) is 48.5 Å². The fourth-order valence-corrected chi connectivity index (χ4v) is 4.27. The number of carbonyl (C=O) groups is 2. The molecule has 1 aliphatic heterocycles. The van der Waals surface area contributed by atoms with Gasteiger partial charge < -0.3 is 15.1 Å². The summed E-state index contributed by atoms with van der Waals surface area (Å²) in [5.41, 5.74) is 1.40. The van der Waals surface area contributed by atoms with Crippen molar-refractivity contribution in [3.8, 4) is 5.75 Å². The molecule has 3 rings (SSSR count). The molecular formula is C18H17NO4S. The maximum absolute atomic E-state index is 12.8. The van der Waals surface area contributed by atoms with Crippen LogP contribution in [0.15, 0.2) is 54.6 Å². The van der Waals surface area contributed by atoms with Gasteiger partial charge in [0.25, 0.3) is 0 Å². The summed E-state index contributed by atoms with van der Waals surface area (Å²) in [6.07, 6.45) is 0.134. The van der Waals surface area contributed by atoms with Gasteiger partial charge in [0.1, 0.15) is 17.2 Å². The topological polar surface area (TPSA) is 77.8 Å². The van der Waals surface area contributed by atoms with Crippen LogP contribution in [0.1, 0.15) is 16.5 Å². The third-order valence-corrected chi connectivity index (χ3v) is 5.28. The molecule has 0 radical (unpaired) electrons. The van der Waals surface area contributed by atoms with Crippen LogP contribution in [0, 0.1) is 0 Å². The molecule has 1 saturated heterocycles. The van der Waals surface area contributed by atoms with Crippen LogP contribution in [-0.2, 0) is 16.0 Å². The van der Waals surface area contributed by atoms with Crippen LogP contribution in [0.4, 0.5) is 0 Å². The number of rotatable bonds is 4. The summed E-state index contributed by atoms with van der Waals surface area (Å²) in [5, 5.41) is 19.1. The van der Waals surface area contributed by atoms with Gasteiger partial charge in [0.2, 0.25) is 5.91 Å². The van der Waals surface area contributed by atoms with Gasteiger partial charge in [-0.3, -0.25) is 4.79 Å². The van der Waals surface area contributed by atoms with Crippen LogP contribution < -0.4 is 0 Å². The number of amides is 1. The van der Waals surface area contributed by atoms with Crippen molar-refractivity contribution in [3.63, 3.8) is 0 Å². The summed E-state index contributed by atoms with van der Waals surface area (Å²) in [7, 11) is 0. The standard InChI is InChI=1S/C18H17NO4S/c20-15-9-5-4-8-13(15)17-19(14(11-24-17)18(22)23)16(21)10-12-6-2-1-3-7-12/h1-9,14,17,20H,10-11H2,(H,22,23)/t14-,17?/m0/s1. The maximum Gasteiger partial charge on any atom is 0.327 e. The fourth-order valence-electron chi connectivity index (χ4n) is 2.80. The Hall–Kier alpha value is -2.47. The predicted octanol–water partition coefficient (Wildman–Crippen LogP) is 2.66. The number of nitrogens with zero attached hydrogens (tertiary/aromatic N) is 1. The Morgan fingerprint density at radius 3 is 2.42 bits per heavy atom. The van der Waals surface area contributed by atoms with Crippen molar-refractivity contribution in [2.45, 2.75) is 17.8 Å². The van der Waals surface area contributed by atoms with Gasteiger partial charge in [-0.25, -0.2) is 4.79 Å². The Morgan fingerprint density at radius 2 is 1.75 bits per heavy atom. The monoisotopic (exact) mass is 343 g/mol. The van der Waals surface area contributed by atoms with E-state index in [4.69, 9.17) is 0 Å². The summed E-state index contributed by atoms with van der Waals surface area (Å²) in [6, 6.07) is 15.1. The number of hydrogen-bond acceptors (Lipinski definition) is 4. The lowest BCUT2D eigenvalue weighted by Gasteiger charge is -2.28. The molecule has 1 fully saturated rings. The van der Waals surface area contributed by atoms with E-state index in [0.717, 1.165) is 5.56 Å². The van der Waals surface area contributed by atoms with Gasteiger partial charge >= 0.3 is 5.97 Å². The minimum atomic E-state index is -1.03. The summed E-state index contributed by atoms with van der Waals surface area (Å²) < 4.78 is 0. The first-order valence-corrected chi connectivity index (χ1v) is 8.60. The second-order valence-electron chi connectivity index (χ2n) is 5.56. The van der Waals surface area contributed by atoms with Gasteiger partial charge in [0.15, 0.2) is 0 Å². The third kappa shape index (κ3) is 3.23. The summed E-state index contributed by atoms with van der Waals surface area (Å²) in [6.45, 7) is 0. The second-order valence-corrected chi connectivity index (χ2v) is 6.68. The summed E-state index contributed by atoms with van der Waals surface area (Å²) in [4.78, 5) is 25.7. The first kappa shape index (κ1) is 16.4. The van der Waals surface area contributed by atoms with E-state index in [1.165, 1.54) is 16.7 Å². The zero-order chi connectivity index (χ0) is 17.1. The smallest absolute Gasteiger partial charge is 0.327 e. The quantitative estimate of drug-likeness (QED) is 0.892. The molecule has 2 atom stereocenters. The van der Waals surface area contributed by atoms with Crippen LogP contribution in [0.3, 0.4) is 0 Å². The number of aromatic hydroxyl groups is 1. The number of thioether (sulfide) groups is 1. The lowest BCUT2D eigenvalue weighted by molar-refractivity contribution is -0.148. The molecule has 1 aliphatic rings. The molecule has 1 amide bonds. The van der Waals surface area contributed by atoms with E-state index in [1.807, 2.05) is 30.3 Å². The number of phenolic OH excluding ortho intramolecular Hbond substituents is 1. The van der Waals surface area contributed by atoms with Crippen molar-refractivity contribution in [3.05, 3.63) is 65.7 Å². The highest BCUT2D eigenvalue weighted by Gasteiger charge is 2.42. The molecule has 24 heavy (non-hydrogen) atoms. The van der Waals surface area contributed by atoms with Gasteiger partial charge in [0, 0.05) is 11.3 Å². The Kier molecular flexibility index (Phi) is 4.76. The molecule has 6 heteroatoms. The molecule has 2 N–H and O–H groups in total. The van der Waals surface area contributed by atoms with Crippen LogP contribution >= 0.6 is 11.8 Å². The zero-order valence-electron chi connectivity index (χ0n) is 12.8. The van der Waals surface area contributed by atoms with Gasteiger partial charge in [-0.05, 0) is 11.6 Å². The molecular weight excluding hydrogens is 326 g/mol. The number of aliphatic carboxylic acids is 1. The van der Waals surface area contributed by atoms with E-state index in [0.29, 0.717) is 11.3 Å². The number of carbonyl (C=O) groups excluding carboxylic acids is 1. The highest BCUT2D eigenvalue weighted by Crippen LogP contribution is 2.44. The molecule has 1 heterocycles. The summed E-state index contributed by atoms with van der Waals surface area (Å²) >= 11 is 1.36. The van der Waals surface area contributed by atoms with Gasteiger partial charge in [-0.2, -0.15) is 0 Å². The fraction of sp³-hybridized carbons (Fsp3) is 0.222. The predicted molar refractivity (Wildman–Crippen MR) is 91.7 cm³/mol. The zero-order valence-corrected chi connectivity index (χ0v) is 13.6. The summed E-state index contributed by atoms with van der Waals surface area (Å²) in [5.74, 6) is -0.915. The van der Waals surface area contributed by atoms with E-state index < -0.39 is 17.4 Å².